The first kappa shape index (κ1) is 13.5. The van der Waals surface area contributed by atoms with Crippen LogP contribution >= 0.6 is 23.1 Å². The minimum absolute atomic E-state index is 0.0164. The van der Waals surface area contributed by atoms with E-state index in [1.807, 2.05) is 0 Å². The van der Waals surface area contributed by atoms with Crippen LogP contribution < -0.4 is 9.47 Å². The van der Waals surface area contributed by atoms with Gasteiger partial charge in [0, 0.05) is 11.5 Å². The summed E-state index contributed by atoms with van der Waals surface area (Å²) in [4.78, 5) is 10.4. The van der Waals surface area contributed by atoms with Crippen LogP contribution in [0.3, 0.4) is 0 Å². The van der Waals surface area contributed by atoms with Crippen molar-refractivity contribution in [2.75, 3.05) is 7.11 Å². The van der Waals surface area contributed by atoms with Crippen LogP contribution in [0.2, 0.25) is 4.34 Å². The van der Waals surface area contributed by atoms with Gasteiger partial charge in [-0.05, 0) is 12.1 Å². The summed E-state index contributed by atoms with van der Waals surface area (Å²) < 4.78 is 14.3. The van der Waals surface area contributed by atoms with Crippen molar-refractivity contribution in [3.63, 3.8) is 0 Å². The van der Waals surface area contributed by atoms with Crippen molar-refractivity contribution in [1.29, 1.82) is 0 Å². The first-order chi connectivity index (χ1) is 9.11. The van der Waals surface area contributed by atoms with E-state index < -0.39 is 4.92 Å². The fourth-order valence-corrected chi connectivity index (χ4v) is 1.92. The van der Waals surface area contributed by atoms with Crippen molar-refractivity contribution in [1.82, 2.24) is 9.59 Å². The number of methoxy groups -OCH3 is 1. The molecule has 0 saturated carbocycles. The molecule has 9 heteroatoms. The maximum Gasteiger partial charge on any atom is 0.314 e. The highest BCUT2D eigenvalue weighted by molar-refractivity contribution is 7.10. The van der Waals surface area contributed by atoms with E-state index in [2.05, 4.69) is 9.59 Å². The fourth-order valence-electron chi connectivity index (χ4n) is 1.32. The number of nitro groups is 1. The van der Waals surface area contributed by atoms with Gasteiger partial charge in [-0.25, -0.2) is 0 Å². The molecule has 2 aromatic rings. The lowest BCUT2D eigenvalue weighted by atomic mass is 10.3. The second kappa shape index (κ2) is 5.81. The fraction of sp³-hybridized carbons (Fsp3) is 0.200. The second-order valence-corrected chi connectivity index (χ2v) is 4.73. The molecule has 7 nitrogen and oxygen atoms in total. The normalized spacial score (nSPS) is 10.2. The highest BCUT2D eigenvalue weighted by atomic mass is 35.5. The Morgan fingerprint density at radius 3 is 2.89 bits per heavy atom. The minimum atomic E-state index is -0.543. The Morgan fingerprint density at radius 2 is 2.32 bits per heavy atom. The number of ether oxygens (including phenoxy) is 2. The number of rotatable bonds is 5. The van der Waals surface area contributed by atoms with E-state index in [4.69, 9.17) is 21.1 Å². The topological polar surface area (TPSA) is 87.4 Å². The summed E-state index contributed by atoms with van der Waals surface area (Å²) in [5.74, 6) is 0.502. The molecule has 1 aromatic carbocycles. The molecule has 0 unspecified atom stereocenters. The number of nitro benzene ring substituents is 1. The Balaban J connectivity index is 2.20. The van der Waals surface area contributed by atoms with Crippen LogP contribution in [0.5, 0.6) is 11.5 Å². The average molecular weight is 302 g/mol. The van der Waals surface area contributed by atoms with Gasteiger partial charge in [0.1, 0.15) is 22.4 Å². The van der Waals surface area contributed by atoms with E-state index in [0.717, 1.165) is 11.5 Å². The van der Waals surface area contributed by atoms with Crippen LogP contribution in [0.4, 0.5) is 5.69 Å². The smallest absolute Gasteiger partial charge is 0.314 e. The van der Waals surface area contributed by atoms with E-state index in [1.165, 1.54) is 19.2 Å². The molecule has 0 aliphatic heterocycles. The summed E-state index contributed by atoms with van der Waals surface area (Å²) in [6, 6.07) is 4.32. The first-order valence-corrected chi connectivity index (χ1v) is 6.19. The lowest BCUT2D eigenvalue weighted by Crippen LogP contribution is -2.00. The Morgan fingerprint density at radius 1 is 1.53 bits per heavy atom. The quantitative estimate of drug-likeness (QED) is 0.623. The molecular formula is C10H8ClN3O4S. The van der Waals surface area contributed by atoms with Crippen LogP contribution in [0, 0.1) is 10.1 Å². The number of hydrogen-bond acceptors (Lipinski definition) is 7. The molecule has 1 heterocycles. The Hall–Kier alpha value is -1.93. The molecular weight excluding hydrogens is 294 g/mol. The van der Waals surface area contributed by atoms with Crippen LogP contribution in [-0.2, 0) is 6.61 Å². The number of aromatic nitrogens is 2. The lowest BCUT2D eigenvalue weighted by molar-refractivity contribution is -0.386. The standard InChI is InChI=1S/C10H8ClN3O4S/c1-17-6-2-3-9(8(4-6)14(15)16)18-5-7-10(11)19-13-12-7/h2-4H,5H2,1H3. The predicted octanol–water partition coefficient (Wildman–Crippen LogP) is 2.69. The van der Waals surface area contributed by atoms with E-state index in [9.17, 15) is 10.1 Å². The number of benzene rings is 1. The van der Waals surface area contributed by atoms with Crippen molar-refractivity contribution in [3.8, 4) is 11.5 Å². The van der Waals surface area contributed by atoms with Crippen LogP contribution in [0.1, 0.15) is 5.69 Å². The SMILES string of the molecule is COc1ccc(OCc2nnsc2Cl)c([N+](=O)[O-])c1. The van der Waals surface area contributed by atoms with Crippen LogP contribution in [0.15, 0.2) is 18.2 Å². The zero-order valence-electron chi connectivity index (χ0n) is 9.70. The second-order valence-electron chi connectivity index (χ2n) is 3.37. The molecule has 19 heavy (non-hydrogen) atoms. The van der Waals surface area contributed by atoms with Gasteiger partial charge in [0.2, 0.25) is 0 Å². The Labute approximate surface area is 117 Å². The van der Waals surface area contributed by atoms with Gasteiger partial charge in [-0.1, -0.05) is 16.1 Å². The molecule has 2 rings (SSSR count). The molecule has 0 fully saturated rings. The number of nitrogens with zero attached hydrogens (tertiary/aromatic N) is 3. The van der Waals surface area contributed by atoms with Gasteiger partial charge < -0.3 is 9.47 Å². The average Bonchev–Trinajstić information content (AvgIpc) is 2.81. The summed E-state index contributed by atoms with van der Waals surface area (Å²) in [5.41, 5.74) is 0.260. The van der Waals surface area contributed by atoms with E-state index in [1.54, 1.807) is 6.07 Å². The van der Waals surface area contributed by atoms with Crippen molar-refractivity contribution >= 4 is 28.8 Å². The molecule has 0 N–H and O–H groups in total. The highest BCUT2D eigenvalue weighted by Crippen LogP contribution is 2.32. The molecule has 0 bridgehead atoms. The van der Waals surface area contributed by atoms with Crippen molar-refractivity contribution in [3.05, 3.63) is 38.3 Å². The first-order valence-electron chi connectivity index (χ1n) is 5.03. The molecule has 100 valence electrons. The molecule has 0 aliphatic carbocycles. The van der Waals surface area contributed by atoms with Crippen molar-refractivity contribution in [2.24, 2.45) is 0 Å². The number of hydrogen-bond donors (Lipinski definition) is 0. The summed E-state index contributed by atoms with van der Waals surface area (Å²) in [6.07, 6.45) is 0. The van der Waals surface area contributed by atoms with Crippen molar-refractivity contribution in [2.45, 2.75) is 6.61 Å². The maximum atomic E-state index is 10.9. The number of halogens is 1. The molecule has 0 radical (unpaired) electrons. The van der Waals surface area contributed by atoms with Crippen LogP contribution in [0.25, 0.3) is 0 Å². The molecule has 0 spiro atoms. The Bertz CT molecular complexity index is 604. The molecule has 0 amide bonds. The Kier molecular flexibility index (Phi) is 4.13. The summed E-state index contributed by atoms with van der Waals surface area (Å²) in [5, 5.41) is 14.7. The zero-order chi connectivity index (χ0) is 13.8. The molecule has 0 saturated heterocycles. The van der Waals surface area contributed by atoms with Gasteiger partial charge in [-0.3, -0.25) is 10.1 Å². The van der Waals surface area contributed by atoms with Gasteiger partial charge in [-0.2, -0.15) is 0 Å². The van der Waals surface area contributed by atoms with Gasteiger partial charge >= 0.3 is 5.69 Å². The van der Waals surface area contributed by atoms with Gasteiger partial charge in [0.05, 0.1) is 18.1 Å². The highest BCUT2D eigenvalue weighted by Gasteiger charge is 2.17. The maximum absolute atomic E-state index is 10.9. The third-order valence-electron chi connectivity index (χ3n) is 2.24. The summed E-state index contributed by atoms with van der Waals surface area (Å²) >= 11 is 6.84. The summed E-state index contributed by atoms with van der Waals surface area (Å²) in [6.45, 7) is 0.0164. The lowest BCUT2D eigenvalue weighted by Gasteiger charge is -2.06. The third-order valence-corrected chi connectivity index (χ3v) is 3.22. The minimum Gasteiger partial charge on any atom is -0.496 e. The predicted molar refractivity (Wildman–Crippen MR) is 68.9 cm³/mol. The monoisotopic (exact) mass is 301 g/mol. The third kappa shape index (κ3) is 3.09. The van der Waals surface area contributed by atoms with E-state index in [0.29, 0.717) is 15.8 Å². The van der Waals surface area contributed by atoms with E-state index >= 15 is 0 Å². The molecule has 0 aliphatic rings. The summed E-state index contributed by atoms with van der Waals surface area (Å²) in [7, 11) is 1.43. The van der Waals surface area contributed by atoms with E-state index in [-0.39, 0.29) is 18.0 Å². The van der Waals surface area contributed by atoms with Crippen LogP contribution in [-0.4, -0.2) is 21.6 Å². The zero-order valence-corrected chi connectivity index (χ0v) is 11.3. The van der Waals surface area contributed by atoms with Gasteiger partial charge in [0.25, 0.3) is 0 Å². The van der Waals surface area contributed by atoms with Gasteiger partial charge in [0.15, 0.2) is 5.75 Å². The largest absolute Gasteiger partial charge is 0.496 e. The van der Waals surface area contributed by atoms with Crippen molar-refractivity contribution < 1.29 is 14.4 Å². The molecule has 1 aromatic heterocycles. The molecule has 0 atom stereocenters. The van der Waals surface area contributed by atoms with Gasteiger partial charge in [-0.15, -0.1) is 5.10 Å².